The van der Waals surface area contributed by atoms with E-state index in [1.54, 1.807) is 0 Å². The monoisotopic (exact) mass is 422 g/mol. The van der Waals surface area contributed by atoms with Crippen LogP contribution in [0.5, 0.6) is 17.2 Å². The van der Waals surface area contributed by atoms with Crippen molar-refractivity contribution in [1.82, 2.24) is 0 Å². The zero-order chi connectivity index (χ0) is 21.7. The lowest BCUT2D eigenvalue weighted by molar-refractivity contribution is -0.139. The average Bonchev–Trinajstić information content (AvgIpc) is 2.80. The first-order chi connectivity index (χ1) is 15.3. The van der Waals surface area contributed by atoms with E-state index in [1.807, 2.05) is 66.7 Å². The highest BCUT2D eigenvalue weighted by atomic mass is 16.6. The predicted molar refractivity (Wildman–Crippen MR) is 119 cm³/mol. The van der Waals surface area contributed by atoms with Gasteiger partial charge < -0.3 is 23.7 Å². The number of hydrogen-bond donors (Lipinski definition) is 0. The van der Waals surface area contributed by atoms with Gasteiger partial charge in [0.2, 0.25) is 0 Å². The van der Waals surface area contributed by atoms with Crippen LogP contribution in [-0.4, -0.2) is 45.6 Å². The van der Waals surface area contributed by atoms with Crippen LogP contribution in [0.2, 0.25) is 0 Å². The maximum absolute atomic E-state index is 10.9. The van der Waals surface area contributed by atoms with Crippen LogP contribution in [0.25, 0.3) is 10.8 Å². The van der Waals surface area contributed by atoms with E-state index in [0.717, 1.165) is 34.1 Å². The summed E-state index contributed by atoms with van der Waals surface area (Å²) in [4.78, 5) is 10.9. The van der Waals surface area contributed by atoms with Gasteiger partial charge >= 0.3 is 5.97 Å². The second-order valence-electron chi connectivity index (χ2n) is 6.50. The number of carbonyl (C=O) groups is 1. The minimum Gasteiger partial charge on any atom is -0.491 e. The molecule has 0 aliphatic heterocycles. The van der Waals surface area contributed by atoms with Gasteiger partial charge in [-0.25, -0.2) is 4.79 Å². The zero-order valence-corrected chi connectivity index (χ0v) is 17.3. The Balaban J connectivity index is 1.37. The highest BCUT2D eigenvalue weighted by Crippen LogP contribution is 2.31. The molecule has 0 N–H and O–H groups in total. The molecule has 0 radical (unpaired) electrons. The van der Waals surface area contributed by atoms with Crippen LogP contribution in [0.1, 0.15) is 0 Å². The van der Waals surface area contributed by atoms with E-state index in [2.05, 4.69) is 6.58 Å². The number of benzene rings is 3. The second kappa shape index (κ2) is 12.4. The largest absolute Gasteiger partial charge is 0.491 e. The van der Waals surface area contributed by atoms with Gasteiger partial charge in [-0.3, -0.25) is 0 Å². The third kappa shape index (κ3) is 7.44. The molecule has 31 heavy (non-hydrogen) atoms. The van der Waals surface area contributed by atoms with Crippen LogP contribution in [-0.2, 0) is 19.0 Å². The number of hydrogen-bond acceptors (Lipinski definition) is 6. The second-order valence-corrected chi connectivity index (χ2v) is 6.50. The summed E-state index contributed by atoms with van der Waals surface area (Å²) in [6, 6.07) is 21.6. The summed E-state index contributed by atoms with van der Waals surface area (Å²) in [7, 11) is 0. The molecule has 0 amide bonds. The fourth-order valence-corrected chi connectivity index (χ4v) is 2.83. The smallest absolute Gasteiger partial charge is 0.330 e. The summed E-state index contributed by atoms with van der Waals surface area (Å²) in [5.41, 5.74) is 0. The maximum atomic E-state index is 10.9. The Morgan fingerprint density at radius 2 is 1.52 bits per heavy atom. The molecule has 0 saturated heterocycles. The lowest BCUT2D eigenvalue weighted by Crippen LogP contribution is -2.13. The van der Waals surface area contributed by atoms with Crippen molar-refractivity contribution in [2.45, 2.75) is 0 Å². The molecule has 162 valence electrons. The van der Waals surface area contributed by atoms with Crippen LogP contribution in [0, 0.1) is 0 Å². The van der Waals surface area contributed by atoms with E-state index in [0.29, 0.717) is 33.0 Å². The zero-order valence-electron chi connectivity index (χ0n) is 17.3. The molecule has 0 unspecified atom stereocenters. The molecule has 0 aromatic heterocycles. The lowest BCUT2D eigenvalue weighted by atomic mass is 10.1. The molecule has 0 aliphatic carbocycles. The van der Waals surface area contributed by atoms with E-state index < -0.39 is 5.97 Å². The van der Waals surface area contributed by atoms with Gasteiger partial charge in [0.1, 0.15) is 30.5 Å². The molecular formula is C25H26O6. The molecule has 3 rings (SSSR count). The molecule has 0 bridgehead atoms. The molecule has 0 atom stereocenters. The summed E-state index contributed by atoms with van der Waals surface area (Å²) in [5, 5.41) is 2.06. The van der Waals surface area contributed by atoms with Crippen molar-refractivity contribution in [3.63, 3.8) is 0 Å². The minimum atomic E-state index is -0.453. The standard InChI is InChI=1S/C25H26O6/c1-2-25(26)30-18-16-28-14-13-27-15-17-29-22-11-12-23-20(19-22)7-6-10-24(23)31-21-8-4-3-5-9-21/h2-12,19H,1,13-18H2. The predicted octanol–water partition coefficient (Wildman–Crippen LogP) is 4.77. The van der Waals surface area contributed by atoms with Crippen molar-refractivity contribution in [1.29, 1.82) is 0 Å². The highest BCUT2D eigenvalue weighted by molar-refractivity contribution is 5.89. The van der Waals surface area contributed by atoms with Gasteiger partial charge in [-0.1, -0.05) is 36.9 Å². The number of carbonyl (C=O) groups excluding carboxylic acids is 1. The lowest BCUT2D eigenvalue weighted by Gasteiger charge is -2.11. The molecular weight excluding hydrogens is 396 g/mol. The first-order valence-electron chi connectivity index (χ1n) is 10.1. The molecule has 0 saturated carbocycles. The van der Waals surface area contributed by atoms with E-state index in [4.69, 9.17) is 23.7 Å². The van der Waals surface area contributed by atoms with Crippen molar-refractivity contribution >= 4 is 16.7 Å². The fourth-order valence-electron chi connectivity index (χ4n) is 2.83. The maximum Gasteiger partial charge on any atom is 0.330 e. The topological polar surface area (TPSA) is 63.2 Å². The average molecular weight is 422 g/mol. The Morgan fingerprint density at radius 3 is 2.29 bits per heavy atom. The third-order valence-electron chi connectivity index (χ3n) is 4.29. The molecule has 0 fully saturated rings. The Kier molecular flexibility index (Phi) is 8.91. The van der Waals surface area contributed by atoms with Crippen LogP contribution < -0.4 is 9.47 Å². The van der Waals surface area contributed by atoms with Crippen molar-refractivity contribution in [2.75, 3.05) is 39.6 Å². The Labute approximate surface area is 181 Å². The van der Waals surface area contributed by atoms with Gasteiger partial charge in [0.25, 0.3) is 0 Å². The first-order valence-corrected chi connectivity index (χ1v) is 10.1. The van der Waals surface area contributed by atoms with Crippen molar-refractivity contribution in [3.8, 4) is 17.2 Å². The molecule has 0 aliphatic rings. The van der Waals surface area contributed by atoms with Gasteiger partial charge in [-0.2, -0.15) is 0 Å². The van der Waals surface area contributed by atoms with E-state index >= 15 is 0 Å². The van der Waals surface area contributed by atoms with Gasteiger partial charge in [-0.05, 0) is 41.8 Å². The molecule has 6 nitrogen and oxygen atoms in total. The molecule has 0 heterocycles. The van der Waals surface area contributed by atoms with Gasteiger partial charge in [0, 0.05) is 11.5 Å². The summed E-state index contributed by atoms with van der Waals surface area (Å²) in [6.45, 7) is 5.59. The molecule has 3 aromatic rings. The minimum absolute atomic E-state index is 0.202. The quantitative estimate of drug-likeness (QED) is 0.225. The Morgan fingerprint density at radius 1 is 0.774 bits per heavy atom. The normalized spacial score (nSPS) is 10.6. The van der Waals surface area contributed by atoms with Crippen molar-refractivity contribution in [3.05, 3.63) is 79.4 Å². The van der Waals surface area contributed by atoms with Gasteiger partial charge in [0.05, 0.1) is 26.4 Å². The number of esters is 1. The molecule has 3 aromatic carbocycles. The van der Waals surface area contributed by atoms with Crippen LogP contribution in [0.15, 0.2) is 79.4 Å². The van der Waals surface area contributed by atoms with E-state index in [9.17, 15) is 4.79 Å². The van der Waals surface area contributed by atoms with Crippen LogP contribution in [0.3, 0.4) is 0 Å². The molecule has 6 heteroatoms. The fraction of sp³-hybridized carbons (Fsp3) is 0.240. The van der Waals surface area contributed by atoms with E-state index in [1.165, 1.54) is 0 Å². The number of para-hydroxylation sites is 1. The third-order valence-corrected chi connectivity index (χ3v) is 4.29. The Bertz CT molecular complexity index is 970. The first kappa shape index (κ1) is 22.3. The van der Waals surface area contributed by atoms with Crippen LogP contribution in [0.4, 0.5) is 0 Å². The Hall–Kier alpha value is -3.35. The van der Waals surface area contributed by atoms with Gasteiger partial charge in [0.15, 0.2) is 0 Å². The highest BCUT2D eigenvalue weighted by Gasteiger charge is 2.05. The molecule has 0 spiro atoms. The van der Waals surface area contributed by atoms with Crippen LogP contribution >= 0.6 is 0 Å². The number of ether oxygens (including phenoxy) is 5. The summed E-state index contributed by atoms with van der Waals surface area (Å²) in [6.07, 6.45) is 1.12. The van der Waals surface area contributed by atoms with Crippen molar-refractivity contribution < 1.29 is 28.5 Å². The van der Waals surface area contributed by atoms with Crippen molar-refractivity contribution in [2.24, 2.45) is 0 Å². The number of rotatable bonds is 13. The van der Waals surface area contributed by atoms with Gasteiger partial charge in [-0.15, -0.1) is 0 Å². The summed E-state index contributed by atoms with van der Waals surface area (Å²) >= 11 is 0. The number of fused-ring (bicyclic) bond motifs is 1. The summed E-state index contributed by atoms with van der Waals surface area (Å²) < 4.78 is 27.4. The SMILES string of the molecule is C=CC(=O)OCCOCCOCCOc1ccc2c(Oc3ccccc3)cccc2c1. The van der Waals surface area contributed by atoms with E-state index in [-0.39, 0.29) is 6.61 Å². The summed E-state index contributed by atoms with van der Waals surface area (Å²) in [5.74, 6) is 1.92.